The molecule has 2 rings (SSSR count). The summed E-state index contributed by atoms with van der Waals surface area (Å²) in [7, 11) is 0. The number of nitrogens with two attached hydrogens (primary N) is 1. The van der Waals surface area contributed by atoms with Gasteiger partial charge in [0.05, 0.1) is 6.10 Å². The molecule has 1 fully saturated rings. The summed E-state index contributed by atoms with van der Waals surface area (Å²) >= 11 is 0. The molecule has 5 nitrogen and oxygen atoms in total. The minimum Gasteiger partial charge on any atom is -0.377 e. The van der Waals surface area contributed by atoms with E-state index in [1.807, 2.05) is 36.9 Å². The maximum absolute atomic E-state index is 12.5. The van der Waals surface area contributed by atoms with Crippen molar-refractivity contribution in [2.75, 3.05) is 25.1 Å². The van der Waals surface area contributed by atoms with Gasteiger partial charge in [0.1, 0.15) is 0 Å². The lowest BCUT2D eigenvalue weighted by Gasteiger charge is -2.23. The molecule has 3 N–H and O–H groups in total. The molecule has 0 spiro atoms. The summed E-state index contributed by atoms with van der Waals surface area (Å²) in [5, 5.41) is 0. The number of aryl methyl sites for hydroxylation is 1. The number of hydrazine groups is 1. The Balaban J connectivity index is 2.18. The second kappa shape index (κ2) is 6.04. The zero-order valence-corrected chi connectivity index (χ0v) is 11.5. The highest BCUT2D eigenvalue weighted by Crippen LogP contribution is 2.17. The van der Waals surface area contributed by atoms with Crippen molar-refractivity contribution in [3.63, 3.8) is 0 Å². The van der Waals surface area contributed by atoms with Crippen molar-refractivity contribution >= 4 is 11.6 Å². The average Bonchev–Trinajstić information content (AvgIpc) is 2.62. The number of nitrogens with one attached hydrogen (secondary N) is 1. The summed E-state index contributed by atoms with van der Waals surface area (Å²) in [5.41, 5.74) is 5.05. The fourth-order valence-electron chi connectivity index (χ4n) is 2.34. The summed E-state index contributed by atoms with van der Waals surface area (Å²) in [4.78, 5) is 14.4. The molecule has 1 amide bonds. The second-order valence-electron chi connectivity index (χ2n) is 4.96. The van der Waals surface area contributed by atoms with E-state index in [4.69, 9.17) is 10.6 Å². The van der Waals surface area contributed by atoms with Crippen LogP contribution in [0.4, 0.5) is 5.69 Å². The fraction of sp³-hybridized carbons (Fsp3) is 0.500. The molecule has 0 bridgehead atoms. The summed E-state index contributed by atoms with van der Waals surface area (Å²) in [6, 6.07) is 5.52. The molecular weight excluding hydrogens is 242 g/mol. The number of ether oxygens (including phenoxy) is 1. The molecule has 1 aromatic carbocycles. The number of hydrogen-bond donors (Lipinski definition) is 2. The quantitative estimate of drug-likeness (QED) is 0.627. The molecule has 5 heteroatoms. The fourth-order valence-corrected chi connectivity index (χ4v) is 2.34. The number of hydrogen-bond acceptors (Lipinski definition) is 4. The maximum Gasteiger partial charge on any atom is 0.254 e. The standard InChI is InChI=1S/C14H21N3O2/c1-10-8-12(16-15)4-5-13(10)14(18)17-6-3-7-19-11(2)9-17/h4-5,8,11,16H,3,6-7,9,15H2,1-2H3. The van der Waals surface area contributed by atoms with Gasteiger partial charge in [0, 0.05) is 30.9 Å². The lowest BCUT2D eigenvalue weighted by molar-refractivity contribution is 0.0562. The number of carbonyl (C=O) groups excluding carboxylic acids is 1. The van der Waals surface area contributed by atoms with Crippen molar-refractivity contribution in [2.24, 2.45) is 5.84 Å². The van der Waals surface area contributed by atoms with Gasteiger partial charge < -0.3 is 15.1 Å². The van der Waals surface area contributed by atoms with Crippen molar-refractivity contribution in [1.82, 2.24) is 4.90 Å². The Bertz CT molecular complexity index is 462. The van der Waals surface area contributed by atoms with Crippen molar-refractivity contribution < 1.29 is 9.53 Å². The number of carbonyl (C=O) groups is 1. The molecule has 1 aliphatic heterocycles. The van der Waals surface area contributed by atoms with Gasteiger partial charge in [-0.2, -0.15) is 0 Å². The highest BCUT2D eigenvalue weighted by atomic mass is 16.5. The zero-order chi connectivity index (χ0) is 13.8. The molecule has 19 heavy (non-hydrogen) atoms. The van der Waals surface area contributed by atoms with Crippen molar-refractivity contribution in [3.8, 4) is 0 Å². The van der Waals surface area contributed by atoms with Crippen LogP contribution in [-0.2, 0) is 4.74 Å². The van der Waals surface area contributed by atoms with Gasteiger partial charge in [-0.25, -0.2) is 0 Å². The van der Waals surface area contributed by atoms with Gasteiger partial charge in [-0.05, 0) is 44.0 Å². The van der Waals surface area contributed by atoms with E-state index in [1.54, 1.807) is 0 Å². The normalized spacial score (nSPS) is 19.9. The Morgan fingerprint density at radius 3 is 3.00 bits per heavy atom. The molecule has 0 saturated carbocycles. The predicted octanol–water partition coefficient (Wildman–Crippen LogP) is 1.53. The number of rotatable bonds is 2. The van der Waals surface area contributed by atoms with E-state index in [-0.39, 0.29) is 12.0 Å². The minimum absolute atomic E-state index is 0.0680. The first kappa shape index (κ1) is 13.8. The number of benzene rings is 1. The van der Waals surface area contributed by atoms with Gasteiger partial charge in [-0.1, -0.05) is 0 Å². The van der Waals surface area contributed by atoms with Crippen LogP contribution in [0.1, 0.15) is 29.3 Å². The van der Waals surface area contributed by atoms with Gasteiger partial charge >= 0.3 is 0 Å². The van der Waals surface area contributed by atoms with E-state index in [2.05, 4.69) is 5.43 Å². The smallest absolute Gasteiger partial charge is 0.254 e. The Kier molecular flexibility index (Phi) is 4.39. The Hall–Kier alpha value is -1.59. The van der Waals surface area contributed by atoms with E-state index >= 15 is 0 Å². The number of nitrogens with zero attached hydrogens (tertiary/aromatic N) is 1. The summed E-state index contributed by atoms with van der Waals surface area (Å²) in [5.74, 6) is 5.43. The van der Waals surface area contributed by atoms with E-state index in [0.29, 0.717) is 6.54 Å². The van der Waals surface area contributed by atoms with Gasteiger partial charge in [0.15, 0.2) is 0 Å². The van der Waals surface area contributed by atoms with Crippen molar-refractivity contribution in [3.05, 3.63) is 29.3 Å². The summed E-state index contributed by atoms with van der Waals surface area (Å²) in [6.45, 7) is 6.04. The Morgan fingerprint density at radius 1 is 1.53 bits per heavy atom. The molecule has 0 aliphatic carbocycles. The highest BCUT2D eigenvalue weighted by molar-refractivity contribution is 5.96. The first-order chi connectivity index (χ1) is 9.11. The molecule has 1 atom stereocenters. The lowest BCUT2D eigenvalue weighted by atomic mass is 10.1. The van der Waals surface area contributed by atoms with Gasteiger partial charge in [-0.3, -0.25) is 10.6 Å². The molecular formula is C14H21N3O2. The number of anilines is 1. The van der Waals surface area contributed by atoms with Crippen LogP contribution in [-0.4, -0.2) is 36.6 Å². The largest absolute Gasteiger partial charge is 0.377 e. The zero-order valence-electron chi connectivity index (χ0n) is 11.5. The van der Waals surface area contributed by atoms with Crippen LogP contribution in [0.2, 0.25) is 0 Å². The minimum atomic E-state index is 0.0680. The highest BCUT2D eigenvalue weighted by Gasteiger charge is 2.22. The Morgan fingerprint density at radius 2 is 2.32 bits per heavy atom. The van der Waals surface area contributed by atoms with Gasteiger partial charge in [0.25, 0.3) is 5.91 Å². The van der Waals surface area contributed by atoms with Crippen molar-refractivity contribution in [2.45, 2.75) is 26.4 Å². The molecule has 1 aromatic rings. The first-order valence-electron chi connectivity index (χ1n) is 6.60. The second-order valence-corrected chi connectivity index (χ2v) is 4.96. The van der Waals surface area contributed by atoms with Gasteiger partial charge in [0.2, 0.25) is 0 Å². The number of nitrogen functional groups attached to an aromatic ring is 1. The number of amides is 1. The molecule has 1 unspecified atom stereocenters. The molecule has 1 heterocycles. The van der Waals surface area contributed by atoms with Crippen LogP contribution in [0.25, 0.3) is 0 Å². The van der Waals surface area contributed by atoms with Crippen LogP contribution >= 0.6 is 0 Å². The molecule has 0 radical (unpaired) electrons. The van der Waals surface area contributed by atoms with Crippen LogP contribution < -0.4 is 11.3 Å². The van der Waals surface area contributed by atoms with Crippen LogP contribution in [0.5, 0.6) is 0 Å². The van der Waals surface area contributed by atoms with Crippen LogP contribution in [0, 0.1) is 6.92 Å². The molecule has 1 saturated heterocycles. The third kappa shape index (κ3) is 3.24. The third-order valence-electron chi connectivity index (χ3n) is 3.36. The lowest BCUT2D eigenvalue weighted by Crippen LogP contribution is -2.36. The Labute approximate surface area is 113 Å². The van der Waals surface area contributed by atoms with Crippen LogP contribution in [0.3, 0.4) is 0 Å². The third-order valence-corrected chi connectivity index (χ3v) is 3.36. The predicted molar refractivity (Wildman–Crippen MR) is 74.9 cm³/mol. The van der Waals surface area contributed by atoms with E-state index in [1.165, 1.54) is 0 Å². The van der Waals surface area contributed by atoms with Gasteiger partial charge in [-0.15, -0.1) is 0 Å². The van der Waals surface area contributed by atoms with Crippen molar-refractivity contribution in [1.29, 1.82) is 0 Å². The SMILES string of the molecule is Cc1cc(NN)ccc1C(=O)N1CCCOC(C)C1. The first-order valence-corrected chi connectivity index (χ1v) is 6.60. The topological polar surface area (TPSA) is 67.6 Å². The monoisotopic (exact) mass is 263 g/mol. The molecule has 104 valence electrons. The average molecular weight is 263 g/mol. The summed E-state index contributed by atoms with van der Waals surface area (Å²) in [6.07, 6.45) is 0.981. The van der Waals surface area contributed by atoms with Crippen LogP contribution in [0.15, 0.2) is 18.2 Å². The van der Waals surface area contributed by atoms with E-state index < -0.39 is 0 Å². The summed E-state index contributed by atoms with van der Waals surface area (Å²) < 4.78 is 5.57. The molecule has 1 aliphatic rings. The van der Waals surface area contributed by atoms with E-state index in [9.17, 15) is 4.79 Å². The molecule has 0 aromatic heterocycles. The maximum atomic E-state index is 12.5. The van der Waals surface area contributed by atoms with E-state index in [0.717, 1.165) is 36.4 Å².